The molecule has 0 saturated heterocycles. The van der Waals surface area contributed by atoms with Gasteiger partial charge in [0.15, 0.2) is 0 Å². The Balaban J connectivity index is 1.85. The van der Waals surface area contributed by atoms with Crippen molar-refractivity contribution in [3.05, 3.63) is 0 Å². The summed E-state index contributed by atoms with van der Waals surface area (Å²) in [5.74, 6) is 1.90. The summed E-state index contributed by atoms with van der Waals surface area (Å²) in [7, 11) is -3.70. The molecule has 0 spiro atoms. The van der Waals surface area contributed by atoms with E-state index in [2.05, 4.69) is 10.6 Å². The maximum atomic E-state index is 12.2. The summed E-state index contributed by atoms with van der Waals surface area (Å²) in [6.07, 6.45) is 8.20. The molecule has 0 radical (unpaired) electrons. The average Bonchev–Trinajstić information content (AvgIpc) is 3.12. The fourth-order valence-electron chi connectivity index (χ4n) is 4.34. The highest BCUT2D eigenvalue weighted by molar-refractivity contribution is 7.88. The highest BCUT2D eigenvalue weighted by Crippen LogP contribution is 2.49. The molecule has 2 saturated carbocycles. The minimum absolute atomic E-state index is 0.0186. The SMILES string of the molecule is CCCCCN(C(=O)NC(=O)N[C@H](C)[C@H]1C[C@H]2CC[C@H]1C2)S(C)(=O)=O. The third-order valence-corrected chi connectivity index (χ3v) is 6.75. The molecule has 4 atom stereocenters. The number of fused-ring (bicyclic) bond motifs is 2. The van der Waals surface area contributed by atoms with Gasteiger partial charge in [0.1, 0.15) is 0 Å². The van der Waals surface area contributed by atoms with Crippen LogP contribution in [-0.2, 0) is 10.0 Å². The minimum atomic E-state index is -3.70. The summed E-state index contributed by atoms with van der Waals surface area (Å²) in [6.45, 7) is 4.05. The number of imide groups is 1. The van der Waals surface area contributed by atoms with Crippen molar-refractivity contribution in [1.29, 1.82) is 0 Å². The van der Waals surface area contributed by atoms with Crippen molar-refractivity contribution < 1.29 is 18.0 Å². The first-order chi connectivity index (χ1) is 11.7. The van der Waals surface area contributed by atoms with Crippen molar-refractivity contribution in [2.24, 2.45) is 17.8 Å². The standard InChI is InChI=1S/C17H31N3O4S/c1-4-5-6-9-20(25(3,23)24)17(22)19-16(21)18-12(2)15-11-13-7-8-14(15)10-13/h12-15H,4-11H2,1-3H3,(H2,18,19,21,22)/t12-,13+,14+,15-/m1/s1. The van der Waals surface area contributed by atoms with E-state index in [4.69, 9.17) is 0 Å². The average molecular weight is 374 g/mol. The van der Waals surface area contributed by atoms with Crippen molar-refractivity contribution in [3.8, 4) is 0 Å². The molecule has 0 heterocycles. The lowest BCUT2D eigenvalue weighted by Crippen LogP contribution is -2.52. The van der Waals surface area contributed by atoms with Gasteiger partial charge in [-0.15, -0.1) is 0 Å². The lowest BCUT2D eigenvalue weighted by atomic mass is 9.84. The Kier molecular flexibility index (Phi) is 6.71. The van der Waals surface area contributed by atoms with Crippen LogP contribution in [0, 0.1) is 17.8 Å². The van der Waals surface area contributed by atoms with Crippen LogP contribution in [0.25, 0.3) is 0 Å². The van der Waals surface area contributed by atoms with Gasteiger partial charge in [0.2, 0.25) is 10.0 Å². The van der Waals surface area contributed by atoms with Crippen LogP contribution in [0.2, 0.25) is 0 Å². The van der Waals surface area contributed by atoms with Gasteiger partial charge >= 0.3 is 12.1 Å². The van der Waals surface area contributed by atoms with Crippen molar-refractivity contribution in [1.82, 2.24) is 14.9 Å². The van der Waals surface area contributed by atoms with E-state index in [9.17, 15) is 18.0 Å². The topological polar surface area (TPSA) is 95.6 Å². The molecular weight excluding hydrogens is 342 g/mol. The third-order valence-electron chi connectivity index (χ3n) is 5.61. The molecule has 2 aliphatic rings. The number of nitrogens with one attached hydrogen (secondary N) is 2. The molecule has 7 nitrogen and oxygen atoms in total. The van der Waals surface area contributed by atoms with Crippen LogP contribution in [0.3, 0.4) is 0 Å². The number of hydrogen-bond donors (Lipinski definition) is 2. The van der Waals surface area contributed by atoms with Crippen molar-refractivity contribution in [2.75, 3.05) is 12.8 Å². The van der Waals surface area contributed by atoms with Gasteiger partial charge in [0.05, 0.1) is 6.26 Å². The van der Waals surface area contributed by atoms with E-state index in [-0.39, 0.29) is 12.6 Å². The summed E-state index contributed by atoms with van der Waals surface area (Å²) in [6, 6.07) is -1.52. The lowest BCUT2D eigenvalue weighted by Gasteiger charge is -2.28. The van der Waals surface area contributed by atoms with E-state index >= 15 is 0 Å². The molecule has 2 N–H and O–H groups in total. The summed E-state index contributed by atoms with van der Waals surface area (Å²) in [4.78, 5) is 24.3. The zero-order valence-corrected chi connectivity index (χ0v) is 16.3. The number of sulfonamides is 1. The van der Waals surface area contributed by atoms with E-state index < -0.39 is 22.1 Å². The van der Waals surface area contributed by atoms with Crippen LogP contribution in [0.5, 0.6) is 0 Å². The Bertz CT molecular complexity index is 593. The lowest BCUT2D eigenvalue weighted by molar-refractivity contribution is 0.207. The van der Waals surface area contributed by atoms with Crippen LogP contribution in [0.4, 0.5) is 9.59 Å². The predicted octanol–water partition coefficient (Wildman–Crippen LogP) is 2.68. The van der Waals surface area contributed by atoms with E-state index in [1.165, 1.54) is 19.3 Å². The number of urea groups is 2. The van der Waals surface area contributed by atoms with Crippen molar-refractivity contribution >= 4 is 22.1 Å². The normalized spacial score (nSPS) is 26.3. The Morgan fingerprint density at radius 2 is 1.92 bits per heavy atom. The Morgan fingerprint density at radius 1 is 1.20 bits per heavy atom. The highest BCUT2D eigenvalue weighted by Gasteiger charge is 2.42. The van der Waals surface area contributed by atoms with E-state index in [0.29, 0.717) is 18.3 Å². The predicted molar refractivity (Wildman–Crippen MR) is 96.5 cm³/mol. The van der Waals surface area contributed by atoms with Gasteiger partial charge in [0, 0.05) is 12.6 Å². The molecule has 0 aromatic carbocycles. The summed E-state index contributed by atoms with van der Waals surface area (Å²) in [5, 5.41) is 4.99. The van der Waals surface area contributed by atoms with Gasteiger partial charge in [-0.3, -0.25) is 5.32 Å². The zero-order chi connectivity index (χ0) is 18.6. The Hall–Kier alpha value is -1.31. The first-order valence-electron chi connectivity index (χ1n) is 9.31. The van der Waals surface area contributed by atoms with E-state index in [1.807, 2.05) is 13.8 Å². The number of carbonyl (C=O) groups excluding carboxylic acids is 2. The van der Waals surface area contributed by atoms with E-state index in [0.717, 1.165) is 35.7 Å². The first kappa shape index (κ1) is 20.0. The summed E-state index contributed by atoms with van der Waals surface area (Å²) < 4.78 is 24.3. The molecule has 0 aliphatic heterocycles. The van der Waals surface area contributed by atoms with Gasteiger partial charge in [-0.2, -0.15) is 0 Å². The molecule has 144 valence electrons. The molecule has 0 unspecified atom stereocenters. The van der Waals surface area contributed by atoms with E-state index in [1.54, 1.807) is 0 Å². The molecule has 0 aromatic heterocycles. The van der Waals surface area contributed by atoms with Gasteiger partial charge in [-0.05, 0) is 50.4 Å². The molecule has 2 rings (SSSR count). The van der Waals surface area contributed by atoms with Gasteiger partial charge in [0.25, 0.3) is 0 Å². The van der Waals surface area contributed by atoms with Gasteiger partial charge in [-0.1, -0.05) is 26.2 Å². The summed E-state index contributed by atoms with van der Waals surface area (Å²) >= 11 is 0. The maximum Gasteiger partial charge on any atom is 0.339 e. The van der Waals surface area contributed by atoms with Crippen molar-refractivity contribution in [3.63, 3.8) is 0 Å². The summed E-state index contributed by atoms with van der Waals surface area (Å²) in [5.41, 5.74) is 0. The number of nitrogens with zero attached hydrogens (tertiary/aromatic N) is 1. The maximum absolute atomic E-state index is 12.2. The Labute approximate surface area is 151 Å². The number of hydrogen-bond acceptors (Lipinski definition) is 4. The molecule has 0 aromatic rings. The van der Waals surface area contributed by atoms with Crippen LogP contribution < -0.4 is 10.6 Å². The largest absolute Gasteiger partial charge is 0.339 e. The molecule has 2 bridgehead atoms. The van der Waals surface area contributed by atoms with Crippen LogP contribution in [0.15, 0.2) is 0 Å². The highest BCUT2D eigenvalue weighted by atomic mass is 32.2. The second kappa shape index (κ2) is 8.38. The quantitative estimate of drug-likeness (QED) is 0.671. The third kappa shape index (κ3) is 5.33. The number of unbranched alkanes of at least 4 members (excludes halogenated alkanes) is 2. The molecular formula is C17H31N3O4S. The van der Waals surface area contributed by atoms with Crippen LogP contribution in [0.1, 0.15) is 58.8 Å². The second-order valence-electron chi connectivity index (χ2n) is 7.57. The Morgan fingerprint density at radius 3 is 2.44 bits per heavy atom. The first-order valence-corrected chi connectivity index (χ1v) is 11.2. The van der Waals surface area contributed by atoms with Crippen LogP contribution in [-0.4, -0.2) is 43.6 Å². The van der Waals surface area contributed by atoms with Crippen LogP contribution >= 0.6 is 0 Å². The van der Waals surface area contributed by atoms with Crippen molar-refractivity contribution in [2.45, 2.75) is 64.8 Å². The fraction of sp³-hybridized carbons (Fsp3) is 0.882. The number of rotatable bonds is 7. The fourth-order valence-corrected chi connectivity index (χ4v) is 5.15. The molecule has 25 heavy (non-hydrogen) atoms. The van der Waals surface area contributed by atoms with Gasteiger partial charge < -0.3 is 5.32 Å². The molecule has 4 amide bonds. The number of carbonyl (C=O) groups is 2. The van der Waals surface area contributed by atoms with Gasteiger partial charge in [-0.25, -0.2) is 22.3 Å². The molecule has 2 fully saturated rings. The second-order valence-corrected chi connectivity index (χ2v) is 9.48. The molecule has 8 heteroatoms. The smallest absolute Gasteiger partial charge is 0.335 e. The number of amides is 4. The zero-order valence-electron chi connectivity index (χ0n) is 15.5. The monoisotopic (exact) mass is 373 g/mol. The minimum Gasteiger partial charge on any atom is -0.335 e. The molecule has 2 aliphatic carbocycles.